The summed E-state index contributed by atoms with van der Waals surface area (Å²) < 4.78 is 0. The van der Waals surface area contributed by atoms with E-state index in [1.54, 1.807) is 44.4 Å². The number of carbonyl (C=O) groups is 2. The van der Waals surface area contributed by atoms with E-state index >= 15 is 0 Å². The molecule has 2 aromatic carbocycles. The van der Waals surface area contributed by atoms with Gasteiger partial charge in [-0.1, -0.05) is 24.3 Å². The number of hydrogen-bond acceptors (Lipinski definition) is 4. The zero-order valence-corrected chi connectivity index (χ0v) is 12.2. The molecule has 0 aliphatic rings. The number of benzene rings is 2. The summed E-state index contributed by atoms with van der Waals surface area (Å²) in [6.45, 7) is 0. The largest absolute Gasteiger partial charge is 0.507 e. The van der Waals surface area contributed by atoms with Crippen molar-refractivity contribution in [1.82, 2.24) is 4.90 Å². The van der Waals surface area contributed by atoms with E-state index in [0.29, 0.717) is 5.56 Å². The fraction of sp³-hybridized carbons (Fsp3) is 0.125. The molecule has 0 spiro atoms. The summed E-state index contributed by atoms with van der Waals surface area (Å²) in [4.78, 5) is 23.0. The first kappa shape index (κ1) is 17.0. The van der Waals surface area contributed by atoms with Crippen LogP contribution in [0.25, 0.3) is 0 Å². The molecule has 0 aliphatic heterocycles. The molecule has 3 N–H and O–H groups in total. The van der Waals surface area contributed by atoms with E-state index in [1.165, 1.54) is 23.1 Å². The second-order valence-electron chi connectivity index (χ2n) is 4.54. The van der Waals surface area contributed by atoms with Crippen molar-refractivity contribution in [1.29, 1.82) is 0 Å². The molecule has 0 atom stereocenters. The van der Waals surface area contributed by atoms with Crippen LogP contribution in [0.3, 0.4) is 0 Å². The molecule has 0 saturated carbocycles. The van der Waals surface area contributed by atoms with Gasteiger partial charge in [0.05, 0.1) is 5.56 Å². The number of carboxylic acids is 1. The lowest BCUT2D eigenvalue weighted by Crippen LogP contribution is -2.21. The van der Waals surface area contributed by atoms with E-state index in [1.807, 2.05) is 0 Å². The van der Waals surface area contributed by atoms with Crippen LogP contribution in [0.1, 0.15) is 20.7 Å². The minimum atomic E-state index is -1.11. The lowest BCUT2D eigenvalue weighted by molar-refractivity contribution is 0.0693. The van der Waals surface area contributed by atoms with Crippen molar-refractivity contribution in [3.8, 4) is 11.5 Å². The molecular weight excluding hydrogens is 286 g/mol. The Balaban J connectivity index is 0.000000224. The SMILES string of the molecule is CN(C)C(=O)c1ccccc1O.O=C(O)c1ccccc1O. The van der Waals surface area contributed by atoms with Crippen molar-refractivity contribution in [3.63, 3.8) is 0 Å². The number of phenolic OH excluding ortho intramolecular Hbond substituents is 1. The highest BCUT2D eigenvalue weighted by Gasteiger charge is 2.10. The zero-order chi connectivity index (χ0) is 16.7. The van der Waals surface area contributed by atoms with Crippen LogP contribution in [0.2, 0.25) is 0 Å². The van der Waals surface area contributed by atoms with Crippen molar-refractivity contribution < 1.29 is 24.9 Å². The van der Waals surface area contributed by atoms with Gasteiger partial charge in [0.15, 0.2) is 0 Å². The number of hydrogen-bond donors (Lipinski definition) is 3. The molecule has 0 fully saturated rings. The first-order valence-corrected chi connectivity index (χ1v) is 6.35. The zero-order valence-electron chi connectivity index (χ0n) is 12.2. The van der Waals surface area contributed by atoms with E-state index in [2.05, 4.69) is 0 Å². The smallest absolute Gasteiger partial charge is 0.339 e. The molecule has 116 valence electrons. The highest BCUT2D eigenvalue weighted by molar-refractivity contribution is 5.96. The summed E-state index contributed by atoms with van der Waals surface area (Å²) >= 11 is 0. The van der Waals surface area contributed by atoms with E-state index in [4.69, 9.17) is 10.2 Å². The van der Waals surface area contributed by atoms with Crippen molar-refractivity contribution in [2.75, 3.05) is 14.1 Å². The molecular formula is C16H17NO5. The molecule has 2 rings (SSSR count). The van der Waals surface area contributed by atoms with Gasteiger partial charge in [-0.15, -0.1) is 0 Å². The standard InChI is InChI=1S/C9H11NO2.C7H6O3/c1-10(2)9(12)7-5-3-4-6-8(7)11;8-6-4-2-1-3-5(6)7(9)10/h3-6,11H,1-2H3;1-4,8H,(H,9,10). The summed E-state index contributed by atoms with van der Waals surface area (Å²) in [6, 6.07) is 12.3. The lowest BCUT2D eigenvalue weighted by atomic mass is 10.2. The van der Waals surface area contributed by atoms with Crippen LogP contribution in [0.15, 0.2) is 48.5 Å². The molecule has 6 heteroatoms. The summed E-state index contributed by atoms with van der Waals surface area (Å²) in [7, 11) is 3.30. The topological polar surface area (TPSA) is 98.1 Å². The second kappa shape index (κ2) is 7.68. The number of carbonyl (C=O) groups excluding carboxylic acids is 1. The molecule has 2 aromatic rings. The monoisotopic (exact) mass is 303 g/mol. The third kappa shape index (κ3) is 4.52. The van der Waals surface area contributed by atoms with Crippen LogP contribution < -0.4 is 0 Å². The van der Waals surface area contributed by atoms with E-state index in [0.717, 1.165) is 0 Å². The van der Waals surface area contributed by atoms with Crippen LogP contribution in [-0.2, 0) is 0 Å². The van der Waals surface area contributed by atoms with Gasteiger partial charge in [0.2, 0.25) is 0 Å². The number of phenols is 2. The molecule has 0 aromatic heterocycles. The van der Waals surface area contributed by atoms with Crippen LogP contribution in [0.5, 0.6) is 11.5 Å². The fourth-order valence-electron chi connectivity index (χ4n) is 1.55. The molecule has 0 unspecified atom stereocenters. The third-order valence-corrected chi connectivity index (χ3v) is 2.68. The summed E-state index contributed by atoms with van der Waals surface area (Å²) in [6.07, 6.45) is 0. The van der Waals surface area contributed by atoms with Crippen molar-refractivity contribution in [2.24, 2.45) is 0 Å². The van der Waals surface area contributed by atoms with Gasteiger partial charge >= 0.3 is 5.97 Å². The van der Waals surface area contributed by atoms with Gasteiger partial charge in [-0.2, -0.15) is 0 Å². The number of carboxylic acid groups (broad SMARTS) is 1. The first-order chi connectivity index (χ1) is 10.3. The molecule has 0 aliphatic carbocycles. The van der Waals surface area contributed by atoms with E-state index in [-0.39, 0.29) is 23.0 Å². The lowest BCUT2D eigenvalue weighted by Gasteiger charge is -2.10. The van der Waals surface area contributed by atoms with Gasteiger partial charge in [-0.25, -0.2) is 4.79 Å². The van der Waals surface area contributed by atoms with Crippen LogP contribution >= 0.6 is 0 Å². The molecule has 0 bridgehead atoms. The van der Waals surface area contributed by atoms with E-state index < -0.39 is 5.97 Å². The number of aromatic hydroxyl groups is 2. The Morgan fingerprint density at radius 3 is 1.55 bits per heavy atom. The van der Waals surface area contributed by atoms with Crippen LogP contribution in [0, 0.1) is 0 Å². The molecule has 0 radical (unpaired) electrons. The van der Waals surface area contributed by atoms with Gasteiger partial charge in [0, 0.05) is 14.1 Å². The Bertz CT molecular complexity index is 667. The van der Waals surface area contributed by atoms with Gasteiger partial charge in [0.1, 0.15) is 17.1 Å². The average Bonchev–Trinajstić information content (AvgIpc) is 2.48. The Hall–Kier alpha value is -3.02. The summed E-state index contributed by atoms with van der Waals surface area (Å²) in [5, 5.41) is 26.6. The predicted octanol–water partition coefficient (Wildman–Crippen LogP) is 2.18. The Morgan fingerprint density at radius 2 is 1.23 bits per heavy atom. The molecule has 1 amide bonds. The Kier molecular flexibility index (Phi) is 5.95. The maximum absolute atomic E-state index is 11.3. The minimum absolute atomic E-state index is 0.0243. The highest BCUT2D eigenvalue weighted by Crippen LogP contribution is 2.16. The van der Waals surface area contributed by atoms with Crippen LogP contribution in [-0.4, -0.2) is 46.2 Å². The number of rotatable bonds is 2. The Morgan fingerprint density at radius 1 is 0.818 bits per heavy atom. The normalized spacial score (nSPS) is 9.36. The number of para-hydroxylation sites is 2. The molecule has 6 nitrogen and oxygen atoms in total. The summed E-state index contributed by atoms with van der Waals surface area (Å²) in [5.74, 6) is -1.47. The maximum atomic E-state index is 11.3. The van der Waals surface area contributed by atoms with Gasteiger partial charge in [0.25, 0.3) is 5.91 Å². The maximum Gasteiger partial charge on any atom is 0.339 e. The highest BCUT2D eigenvalue weighted by atomic mass is 16.4. The van der Waals surface area contributed by atoms with Crippen LogP contribution in [0.4, 0.5) is 0 Å². The fourth-order valence-corrected chi connectivity index (χ4v) is 1.55. The van der Waals surface area contributed by atoms with E-state index in [9.17, 15) is 14.7 Å². The van der Waals surface area contributed by atoms with Crippen molar-refractivity contribution in [2.45, 2.75) is 0 Å². The second-order valence-corrected chi connectivity index (χ2v) is 4.54. The molecule has 0 saturated heterocycles. The Labute approximate surface area is 127 Å². The quantitative estimate of drug-likeness (QED) is 0.790. The predicted molar refractivity (Wildman–Crippen MR) is 81.2 cm³/mol. The first-order valence-electron chi connectivity index (χ1n) is 6.35. The number of nitrogens with zero attached hydrogens (tertiary/aromatic N) is 1. The number of aromatic carboxylic acids is 1. The van der Waals surface area contributed by atoms with Gasteiger partial charge in [-0.05, 0) is 24.3 Å². The minimum Gasteiger partial charge on any atom is -0.507 e. The molecule has 22 heavy (non-hydrogen) atoms. The summed E-state index contributed by atoms with van der Waals surface area (Å²) in [5.41, 5.74) is 0.269. The number of amides is 1. The van der Waals surface area contributed by atoms with Gasteiger partial charge in [-0.3, -0.25) is 4.79 Å². The average molecular weight is 303 g/mol. The van der Waals surface area contributed by atoms with Crippen molar-refractivity contribution in [3.05, 3.63) is 59.7 Å². The van der Waals surface area contributed by atoms with Crippen molar-refractivity contribution >= 4 is 11.9 Å². The molecule has 0 heterocycles. The third-order valence-electron chi connectivity index (χ3n) is 2.68. The van der Waals surface area contributed by atoms with Gasteiger partial charge < -0.3 is 20.2 Å².